The number of aryl methyl sites for hydroxylation is 2. The zero-order valence-corrected chi connectivity index (χ0v) is 14.4. The number of carbonyl (C=O) groups is 1. The fraction of sp³-hybridized carbons (Fsp3) is 0.0952. The number of fused-ring (bicyclic) bond motifs is 2. The van der Waals surface area contributed by atoms with Crippen molar-refractivity contribution in [3.05, 3.63) is 71.8 Å². The number of ether oxygens (including phenoxy) is 2. The van der Waals surface area contributed by atoms with E-state index in [1.807, 2.05) is 62.4 Å². The van der Waals surface area contributed by atoms with Gasteiger partial charge in [-0.05, 0) is 50.2 Å². The zero-order chi connectivity index (χ0) is 18.1. The topological polar surface area (TPSA) is 61.3 Å². The number of carbonyl (C=O) groups excluding carboxylic acids is 1. The zero-order valence-electron chi connectivity index (χ0n) is 14.4. The Balaban J connectivity index is 1.51. The molecule has 0 N–H and O–H groups in total. The van der Waals surface area contributed by atoms with E-state index in [9.17, 15) is 4.79 Å². The molecule has 5 nitrogen and oxygen atoms in total. The van der Waals surface area contributed by atoms with Gasteiger partial charge in [-0.3, -0.25) is 0 Å². The highest BCUT2D eigenvalue weighted by Crippen LogP contribution is 2.20. The fourth-order valence-corrected chi connectivity index (χ4v) is 2.76. The second-order valence-electron chi connectivity index (χ2n) is 6.15. The molecule has 0 amide bonds. The van der Waals surface area contributed by atoms with Gasteiger partial charge in [0, 0.05) is 22.9 Å². The van der Waals surface area contributed by atoms with E-state index in [2.05, 4.69) is 9.97 Å². The second-order valence-corrected chi connectivity index (χ2v) is 6.15. The smallest absolute Gasteiger partial charge is 0.376 e. The number of pyridine rings is 2. The van der Waals surface area contributed by atoms with Crippen LogP contribution in [0.4, 0.5) is 4.79 Å². The van der Waals surface area contributed by atoms with Crippen molar-refractivity contribution in [3.8, 4) is 11.8 Å². The molecule has 2 heterocycles. The summed E-state index contributed by atoms with van der Waals surface area (Å²) in [5.74, 6) is 0.366. The first kappa shape index (κ1) is 16.0. The van der Waals surface area contributed by atoms with E-state index in [-0.39, 0.29) is 11.8 Å². The van der Waals surface area contributed by atoms with Crippen LogP contribution in [-0.4, -0.2) is 16.1 Å². The van der Waals surface area contributed by atoms with E-state index in [1.165, 1.54) is 0 Å². The predicted octanol–water partition coefficient (Wildman–Crippen LogP) is 4.98. The van der Waals surface area contributed by atoms with Crippen molar-refractivity contribution >= 4 is 28.0 Å². The first-order valence-corrected chi connectivity index (χ1v) is 8.21. The molecule has 0 radical (unpaired) electrons. The monoisotopic (exact) mass is 344 g/mol. The van der Waals surface area contributed by atoms with Crippen LogP contribution in [0.3, 0.4) is 0 Å². The van der Waals surface area contributed by atoms with Crippen LogP contribution in [0.2, 0.25) is 0 Å². The summed E-state index contributed by atoms with van der Waals surface area (Å²) < 4.78 is 10.4. The number of benzene rings is 2. The van der Waals surface area contributed by atoms with Gasteiger partial charge in [0.1, 0.15) is 0 Å². The highest BCUT2D eigenvalue weighted by Gasteiger charge is 2.11. The minimum Gasteiger partial charge on any atom is -0.376 e. The molecule has 0 atom stereocenters. The van der Waals surface area contributed by atoms with Gasteiger partial charge in [0.25, 0.3) is 0 Å². The molecule has 5 heteroatoms. The van der Waals surface area contributed by atoms with Gasteiger partial charge in [0.15, 0.2) is 0 Å². The summed E-state index contributed by atoms with van der Waals surface area (Å²) in [7, 11) is 0. The molecule has 4 aromatic rings. The summed E-state index contributed by atoms with van der Waals surface area (Å²) in [6, 6.07) is 18.7. The van der Waals surface area contributed by atoms with Gasteiger partial charge in [0.05, 0.1) is 11.0 Å². The van der Waals surface area contributed by atoms with Crippen LogP contribution in [0.15, 0.2) is 60.7 Å². The molecule has 2 aromatic heterocycles. The normalized spacial score (nSPS) is 10.8. The molecule has 0 saturated heterocycles. The van der Waals surface area contributed by atoms with Crippen molar-refractivity contribution in [2.24, 2.45) is 0 Å². The van der Waals surface area contributed by atoms with Crippen LogP contribution in [0, 0.1) is 13.8 Å². The van der Waals surface area contributed by atoms with Crippen molar-refractivity contribution in [3.63, 3.8) is 0 Å². The highest BCUT2D eigenvalue weighted by atomic mass is 16.7. The molecule has 0 unspecified atom stereocenters. The van der Waals surface area contributed by atoms with Gasteiger partial charge < -0.3 is 9.47 Å². The van der Waals surface area contributed by atoms with Crippen LogP contribution in [0.25, 0.3) is 21.8 Å². The molecule has 0 aliphatic carbocycles. The Labute approximate surface area is 150 Å². The van der Waals surface area contributed by atoms with Crippen molar-refractivity contribution in [1.29, 1.82) is 0 Å². The van der Waals surface area contributed by atoms with Crippen LogP contribution >= 0.6 is 0 Å². The summed E-state index contributed by atoms with van der Waals surface area (Å²) in [6.45, 7) is 4.03. The third-order valence-corrected chi connectivity index (χ3v) is 4.01. The molecule has 2 aromatic carbocycles. The largest absolute Gasteiger partial charge is 0.522 e. The van der Waals surface area contributed by atoms with E-state index in [0.29, 0.717) is 0 Å². The Hall–Kier alpha value is -3.47. The summed E-state index contributed by atoms with van der Waals surface area (Å²) in [4.78, 5) is 20.7. The average Bonchev–Trinajstić information content (AvgIpc) is 2.62. The third-order valence-electron chi connectivity index (χ3n) is 4.01. The van der Waals surface area contributed by atoms with Gasteiger partial charge in [-0.25, -0.2) is 14.8 Å². The predicted molar refractivity (Wildman–Crippen MR) is 99.6 cm³/mol. The average molecular weight is 344 g/mol. The van der Waals surface area contributed by atoms with Crippen LogP contribution in [0.1, 0.15) is 11.1 Å². The van der Waals surface area contributed by atoms with E-state index in [1.54, 1.807) is 12.1 Å². The Morgan fingerprint density at radius 2 is 1.15 bits per heavy atom. The van der Waals surface area contributed by atoms with Crippen LogP contribution in [0.5, 0.6) is 11.8 Å². The lowest BCUT2D eigenvalue weighted by Crippen LogP contribution is -2.15. The Bertz CT molecular complexity index is 1050. The standard InChI is InChI=1S/C21H16N2O3/c1-13-3-7-17-15(11-13)5-9-19(22-17)25-21(24)26-20-10-6-16-12-14(2)4-8-18(16)23-20/h3-12H,1-2H3. The lowest BCUT2D eigenvalue weighted by molar-refractivity contribution is 0.148. The maximum absolute atomic E-state index is 12.0. The minimum absolute atomic E-state index is 0.183. The Kier molecular flexibility index (Phi) is 3.97. The lowest BCUT2D eigenvalue weighted by Gasteiger charge is -2.06. The van der Waals surface area contributed by atoms with Crippen molar-refractivity contribution in [1.82, 2.24) is 9.97 Å². The molecule has 0 aliphatic heterocycles. The molecule has 0 saturated carbocycles. The number of aromatic nitrogens is 2. The number of rotatable bonds is 2. The lowest BCUT2D eigenvalue weighted by atomic mass is 10.1. The Morgan fingerprint density at radius 3 is 1.62 bits per heavy atom. The number of hydrogen-bond donors (Lipinski definition) is 0. The van der Waals surface area contributed by atoms with Gasteiger partial charge in [0.2, 0.25) is 11.8 Å². The summed E-state index contributed by atoms with van der Waals surface area (Å²) in [6.07, 6.45) is -0.872. The maximum atomic E-state index is 12.0. The molecular formula is C21H16N2O3. The second kappa shape index (κ2) is 6.44. The SMILES string of the molecule is Cc1ccc2nc(OC(=O)Oc3ccc4cc(C)ccc4n3)ccc2c1. The summed E-state index contributed by atoms with van der Waals surface area (Å²) >= 11 is 0. The highest BCUT2D eigenvalue weighted by molar-refractivity contribution is 5.81. The van der Waals surface area contributed by atoms with E-state index in [0.717, 1.165) is 32.9 Å². The Morgan fingerprint density at radius 1 is 0.692 bits per heavy atom. The van der Waals surface area contributed by atoms with Gasteiger partial charge in [-0.1, -0.05) is 23.3 Å². The fourth-order valence-electron chi connectivity index (χ4n) is 2.76. The third kappa shape index (κ3) is 3.32. The molecule has 0 bridgehead atoms. The molecular weight excluding hydrogens is 328 g/mol. The first-order valence-electron chi connectivity index (χ1n) is 8.21. The minimum atomic E-state index is -0.872. The van der Waals surface area contributed by atoms with Crippen molar-refractivity contribution in [2.75, 3.05) is 0 Å². The van der Waals surface area contributed by atoms with Crippen LogP contribution in [-0.2, 0) is 0 Å². The molecule has 4 rings (SSSR count). The summed E-state index contributed by atoms with van der Waals surface area (Å²) in [5, 5.41) is 1.97. The van der Waals surface area contributed by atoms with Crippen LogP contribution < -0.4 is 9.47 Å². The van der Waals surface area contributed by atoms with Gasteiger partial charge >= 0.3 is 6.16 Å². The van der Waals surface area contributed by atoms with Crippen molar-refractivity contribution in [2.45, 2.75) is 13.8 Å². The molecule has 0 spiro atoms. The number of nitrogens with zero attached hydrogens (tertiary/aromatic N) is 2. The molecule has 0 fully saturated rings. The first-order chi connectivity index (χ1) is 12.6. The maximum Gasteiger partial charge on any atom is 0.522 e. The molecule has 128 valence electrons. The molecule has 0 aliphatic rings. The van der Waals surface area contributed by atoms with Gasteiger partial charge in [-0.2, -0.15) is 0 Å². The summed E-state index contributed by atoms with van der Waals surface area (Å²) in [5.41, 5.74) is 3.79. The van der Waals surface area contributed by atoms with E-state index >= 15 is 0 Å². The number of hydrogen-bond acceptors (Lipinski definition) is 5. The quantitative estimate of drug-likeness (QED) is 0.480. The van der Waals surface area contributed by atoms with Gasteiger partial charge in [-0.15, -0.1) is 0 Å². The molecule has 26 heavy (non-hydrogen) atoms. The van der Waals surface area contributed by atoms with E-state index < -0.39 is 6.16 Å². The van der Waals surface area contributed by atoms with E-state index in [4.69, 9.17) is 9.47 Å². The van der Waals surface area contributed by atoms with Crippen molar-refractivity contribution < 1.29 is 14.3 Å².